The first-order valence-corrected chi connectivity index (χ1v) is 8.03. The summed E-state index contributed by atoms with van der Waals surface area (Å²) in [6, 6.07) is 14.2. The van der Waals surface area contributed by atoms with Gasteiger partial charge in [0.05, 0.1) is 7.11 Å². The molecule has 2 aromatic carbocycles. The first-order chi connectivity index (χ1) is 11.7. The Hall–Kier alpha value is -2.62. The molecule has 1 saturated carbocycles. The molecular weight excluding hydrogens is 305 g/mol. The molecule has 1 amide bonds. The molecule has 1 fully saturated rings. The van der Waals surface area contributed by atoms with Gasteiger partial charge in [0, 0.05) is 18.7 Å². The van der Waals surface area contributed by atoms with Crippen molar-refractivity contribution in [3.05, 3.63) is 71.6 Å². The fourth-order valence-electron chi connectivity index (χ4n) is 2.57. The summed E-state index contributed by atoms with van der Waals surface area (Å²) in [6.45, 7) is 0.570. The Morgan fingerprint density at radius 1 is 1.25 bits per heavy atom. The van der Waals surface area contributed by atoms with Gasteiger partial charge < -0.3 is 9.64 Å². The van der Waals surface area contributed by atoms with Crippen LogP contribution in [-0.4, -0.2) is 24.0 Å². The Balaban J connectivity index is 1.69. The zero-order valence-corrected chi connectivity index (χ0v) is 13.6. The van der Waals surface area contributed by atoms with Gasteiger partial charge in [0.15, 0.2) is 0 Å². The van der Waals surface area contributed by atoms with Crippen LogP contribution in [0.2, 0.25) is 0 Å². The minimum atomic E-state index is -0.304. The SMILES string of the molecule is COc1ccc(CN(C(=O)C=Cc2cccc(F)c2)C2CC2)cc1. The lowest BCUT2D eigenvalue weighted by Gasteiger charge is -2.21. The second-order valence-corrected chi connectivity index (χ2v) is 5.93. The van der Waals surface area contributed by atoms with Gasteiger partial charge in [-0.3, -0.25) is 4.79 Å². The first kappa shape index (κ1) is 16.2. The van der Waals surface area contributed by atoms with Crippen molar-refractivity contribution in [2.75, 3.05) is 7.11 Å². The highest BCUT2D eigenvalue weighted by Gasteiger charge is 2.31. The molecule has 0 bridgehead atoms. The summed E-state index contributed by atoms with van der Waals surface area (Å²) in [6.07, 6.45) is 5.26. The van der Waals surface area contributed by atoms with Crippen LogP contribution in [0.3, 0.4) is 0 Å². The van der Waals surface area contributed by atoms with E-state index in [1.54, 1.807) is 25.3 Å². The number of hydrogen-bond acceptors (Lipinski definition) is 2. The maximum Gasteiger partial charge on any atom is 0.247 e. The van der Waals surface area contributed by atoms with Crippen molar-refractivity contribution in [2.45, 2.75) is 25.4 Å². The molecule has 24 heavy (non-hydrogen) atoms. The van der Waals surface area contributed by atoms with E-state index in [1.165, 1.54) is 18.2 Å². The van der Waals surface area contributed by atoms with Crippen LogP contribution in [0.25, 0.3) is 6.08 Å². The summed E-state index contributed by atoms with van der Waals surface area (Å²) < 4.78 is 18.4. The summed E-state index contributed by atoms with van der Waals surface area (Å²) in [5.41, 5.74) is 1.75. The summed E-state index contributed by atoms with van der Waals surface area (Å²) in [4.78, 5) is 14.4. The van der Waals surface area contributed by atoms with Crippen molar-refractivity contribution in [1.29, 1.82) is 0 Å². The lowest BCUT2D eigenvalue weighted by atomic mass is 10.2. The Morgan fingerprint density at radius 3 is 2.62 bits per heavy atom. The van der Waals surface area contributed by atoms with Crippen LogP contribution in [0.4, 0.5) is 4.39 Å². The smallest absolute Gasteiger partial charge is 0.247 e. The largest absolute Gasteiger partial charge is 0.497 e. The molecule has 0 aromatic heterocycles. The number of carbonyl (C=O) groups is 1. The summed E-state index contributed by atoms with van der Waals surface area (Å²) in [7, 11) is 1.63. The maximum atomic E-state index is 13.2. The quantitative estimate of drug-likeness (QED) is 0.750. The number of benzene rings is 2. The minimum absolute atomic E-state index is 0.0439. The molecule has 124 valence electrons. The molecular formula is C20H20FNO2. The van der Waals surface area contributed by atoms with Crippen LogP contribution in [0.15, 0.2) is 54.6 Å². The molecule has 1 aliphatic rings. The van der Waals surface area contributed by atoms with E-state index in [0.29, 0.717) is 18.2 Å². The zero-order valence-electron chi connectivity index (χ0n) is 13.6. The average Bonchev–Trinajstić information content (AvgIpc) is 3.43. The standard InChI is InChI=1S/C20H20FNO2/c1-24-19-10-5-16(6-11-19)14-22(18-8-9-18)20(23)12-7-15-3-2-4-17(21)13-15/h2-7,10-13,18H,8-9,14H2,1H3. The predicted molar refractivity (Wildman–Crippen MR) is 92.0 cm³/mol. The topological polar surface area (TPSA) is 29.5 Å². The molecule has 0 heterocycles. The molecule has 3 rings (SSSR count). The van der Waals surface area contributed by atoms with Crippen molar-refractivity contribution in [2.24, 2.45) is 0 Å². The van der Waals surface area contributed by atoms with E-state index in [4.69, 9.17) is 4.74 Å². The Morgan fingerprint density at radius 2 is 2.00 bits per heavy atom. The lowest BCUT2D eigenvalue weighted by Crippen LogP contribution is -2.31. The Kier molecular flexibility index (Phi) is 4.94. The Bertz CT molecular complexity index is 736. The number of ether oxygens (including phenoxy) is 1. The molecule has 3 nitrogen and oxygen atoms in total. The van der Waals surface area contributed by atoms with Crippen molar-refractivity contribution in [3.8, 4) is 5.75 Å². The van der Waals surface area contributed by atoms with Gasteiger partial charge in [-0.15, -0.1) is 0 Å². The van der Waals surface area contributed by atoms with Crippen LogP contribution in [-0.2, 0) is 11.3 Å². The van der Waals surface area contributed by atoms with E-state index in [-0.39, 0.29) is 11.7 Å². The van der Waals surface area contributed by atoms with Gasteiger partial charge in [0.2, 0.25) is 5.91 Å². The van der Waals surface area contributed by atoms with Crippen LogP contribution in [0.1, 0.15) is 24.0 Å². The molecule has 1 aliphatic carbocycles. The third-order valence-corrected chi connectivity index (χ3v) is 4.05. The molecule has 0 unspecified atom stereocenters. The van der Waals surface area contributed by atoms with Crippen molar-refractivity contribution in [3.63, 3.8) is 0 Å². The molecule has 0 saturated heterocycles. The van der Waals surface area contributed by atoms with Crippen LogP contribution >= 0.6 is 0 Å². The molecule has 2 aromatic rings. The van der Waals surface area contributed by atoms with Gasteiger partial charge >= 0.3 is 0 Å². The van der Waals surface area contributed by atoms with Crippen LogP contribution < -0.4 is 4.74 Å². The number of nitrogens with zero attached hydrogens (tertiary/aromatic N) is 1. The lowest BCUT2D eigenvalue weighted by molar-refractivity contribution is -0.127. The first-order valence-electron chi connectivity index (χ1n) is 8.03. The highest BCUT2D eigenvalue weighted by molar-refractivity contribution is 5.92. The van der Waals surface area contributed by atoms with Crippen molar-refractivity contribution in [1.82, 2.24) is 4.90 Å². The van der Waals surface area contributed by atoms with E-state index in [0.717, 1.165) is 24.2 Å². The van der Waals surface area contributed by atoms with Gasteiger partial charge in [-0.1, -0.05) is 24.3 Å². The second-order valence-electron chi connectivity index (χ2n) is 5.93. The van der Waals surface area contributed by atoms with E-state index >= 15 is 0 Å². The van der Waals surface area contributed by atoms with Crippen LogP contribution in [0.5, 0.6) is 5.75 Å². The predicted octanol–water partition coefficient (Wildman–Crippen LogP) is 4.04. The van der Waals surface area contributed by atoms with E-state index in [9.17, 15) is 9.18 Å². The summed E-state index contributed by atoms with van der Waals surface area (Å²) in [5, 5.41) is 0. The molecule has 0 spiro atoms. The third-order valence-electron chi connectivity index (χ3n) is 4.05. The van der Waals surface area contributed by atoms with Crippen LogP contribution in [0, 0.1) is 5.82 Å². The van der Waals surface area contributed by atoms with E-state index < -0.39 is 0 Å². The third kappa shape index (κ3) is 4.22. The fraction of sp³-hybridized carbons (Fsp3) is 0.250. The van der Waals surface area contributed by atoms with Crippen molar-refractivity contribution >= 4 is 12.0 Å². The van der Waals surface area contributed by atoms with E-state index in [1.807, 2.05) is 29.2 Å². The van der Waals surface area contributed by atoms with Gasteiger partial charge in [-0.2, -0.15) is 0 Å². The molecule has 0 N–H and O–H groups in total. The number of amides is 1. The number of halogens is 1. The highest BCUT2D eigenvalue weighted by atomic mass is 19.1. The van der Waals surface area contributed by atoms with Gasteiger partial charge in [0.25, 0.3) is 0 Å². The molecule has 0 aliphatic heterocycles. The van der Waals surface area contributed by atoms with Crippen molar-refractivity contribution < 1.29 is 13.9 Å². The van der Waals surface area contributed by atoms with E-state index in [2.05, 4.69) is 0 Å². The monoisotopic (exact) mass is 325 g/mol. The summed E-state index contributed by atoms with van der Waals surface area (Å²) in [5.74, 6) is 0.452. The van der Waals surface area contributed by atoms with Gasteiger partial charge in [-0.25, -0.2) is 4.39 Å². The summed E-state index contributed by atoms with van der Waals surface area (Å²) >= 11 is 0. The fourth-order valence-corrected chi connectivity index (χ4v) is 2.57. The van der Waals surface area contributed by atoms with Gasteiger partial charge in [0.1, 0.15) is 11.6 Å². The minimum Gasteiger partial charge on any atom is -0.497 e. The number of hydrogen-bond donors (Lipinski definition) is 0. The second kappa shape index (κ2) is 7.30. The molecule has 4 heteroatoms. The normalized spacial score (nSPS) is 13.9. The number of carbonyl (C=O) groups excluding carboxylic acids is 1. The number of rotatable bonds is 6. The number of methoxy groups -OCH3 is 1. The van der Waals surface area contributed by atoms with Gasteiger partial charge in [-0.05, 0) is 54.3 Å². The highest BCUT2D eigenvalue weighted by Crippen LogP contribution is 2.29. The zero-order chi connectivity index (χ0) is 16.9. The Labute approximate surface area is 141 Å². The molecule has 0 radical (unpaired) electrons. The molecule has 0 atom stereocenters. The maximum absolute atomic E-state index is 13.2. The average molecular weight is 325 g/mol.